The highest BCUT2D eigenvalue weighted by Crippen LogP contribution is 2.37. The summed E-state index contributed by atoms with van der Waals surface area (Å²) in [5, 5.41) is 6.43. The third-order valence-corrected chi connectivity index (χ3v) is 5.28. The molecular weight excluding hydrogens is 517 g/mol. The van der Waals surface area contributed by atoms with Gasteiger partial charge in [0.15, 0.2) is 11.5 Å². The average molecular weight is 542 g/mol. The molecule has 3 rings (SSSR count). The Balaban J connectivity index is 1.58. The second-order valence-corrected chi connectivity index (χ2v) is 8.42. The second kappa shape index (κ2) is 12.7. The Morgan fingerprint density at radius 3 is 2.43 bits per heavy atom. The van der Waals surface area contributed by atoms with Gasteiger partial charge in [-0.15, -0.1) is 0 Å². The first-order valence-electron chi connectivity index (χ1n) is 10.9. The average Bonchev–Trinajstić information content (AvgIpc) is 2.81. The van der Waals surface area contributed by atoms with E-state index in [-0.39, 0.29) is 0 Å². The van der Waals surface area contributed by atoms with Crippen molar-refractivity contribution in [2.75, 3.05) is 11.9 Å². The zero-order valence-corrected chi connectivity index (χ0v) is 20.9. The van der Waals surface area contributed by atoms with Crippen LogP contribution in [0.1, 0.15) is 30.0 Å². The Hall–Kier alpha value is -3.72. The number of rotatable bonds is 10. The van der Waals surface area contributed by atoms with Crippen molar-refractivity contribution in [3.63, 3.8) is 0 Å². The topological polar surface area (TPSA) is 89.0 Å². The zero-order chi connectivity index (χ0) is 25.2. The summed E-state index contributed by atoms with van der Waals surface area (Å²) >= 11 is 3.51. The Morgan fingerprint density at radius 2 is 1.74 bits per heavy atom. The van der Waals surface area contributed by atoms with Crippen LogP contribution in [-0.2, 0) is 16.2 Å². The van der Waals surface area contributed by atoms with Gasteiger partial charge in [0.1, 0.15) is 18.8 Å². The maximum Gasteiger partial charge on any atom is 0.249 e. The minimum atomic E-state index is -0.594. The maximum absolute atomic E-state index is 12.9. The summed E-state index contributed by atoms with van der Waals surface area (Å²) in [7, 11) is 0. The fraction of sp³-hybridized carbons (Fsp3) is 0.192. The van der Waals surface area contributed by atoms with E-state index in [1.165, 1.54) is 36.0 Å². The van der Waals surface area contributed by atoms with Crippen molar-refractivity contribution < 1.29 is 23.5 Å². The molecule has 0 fully saturated rings. The third-order valence-electron chi connectivity index (χ3n) is 4.69. The molecule has 0 aliphatic carbocycles. The van der Waals surface area contributed by atoms with Gasteiger partial charge < -0.3 is 14.8 Å². The molecule has 7 nitrogen and oxygen atoms in total. The predicted molar refractivity (Wildman–Crippen MR) is 136 cm³/mol. The fourth-order valence-electron chi connectivity index (χ4n) is 3.01. The van der Waals surface area contributed by atoms with Crippen LogP contribution in [0.25, 0.3) is 0 Å². The monoisotopic (exact) mass is 541 g/mol. The van der Waals surface area contributed by atoms with Crippen LogP contribution in [0.5, 0.6) is 11.5 Å². The van der Waals surface area contributed by atoms with E-state index in [0.717, 1.165) is 5.56 Å². The normalized spacial score (nSPS) is 10.7. The molecule has 9 heteroatoms. The number of aryl methyl sites for hydroxylation is 1. The molecule has 182 valence electrons. The van der Waals surface area contributed by atoms with Crippen LogP contribution in [0.3, 0.4) is 0 Å². The number of ether oxygens (including phenoxy) is 2. The smallest absolute Gasteiger partial charge is 0.249 e. The molecule has 0 unspecified atom stereocenters. The van der Waals surface area contributed by atoms with Gasteiger partial charge >= 0.3 is 0 Å². The van der Waals surface area contributed by atoms with Gasteiger partial charge in [-0.2, -0.15) is 5.10 Å². The van der Waals surface area contributed by atoms with Crippen LogP contribution in [0.4, 0.5) is 10.1 Å². The van der Waals surface area contributed by atoms with Crippen molar-refractivity contribution in [2.45, 2.75) is 26.9 Å². The quantitative estimate of drug-likeness (QED) is 0.205. The molecular formula is C26H25BrFN3O4. The predicted octanol–water partition coefficient (Wildman–Crippen LogP) is 5.35. The molecule has 3 aromatic rings. The highest BCUT2D eigenvalue weighted by Gasteiger charge is 2.13. The second-order valence-electron chi connectivity index (χ2n) is 7.56. The number of carbonyl (C=O) groups is 2. The van der Waals surface area contributed by atoms with Gasteiger partial charge in [-0.1, -0.05) is 29.8 Å². The van der Waals surface area contributed by atoms with Crippen molar-refractivity contribution in [3.8, 4) is 11.5 Å². The van der Waals surface area contributed by atoms with Gasteiger partial charge in [0, 0.05) is 5.69 Å². The molecule has 2 N–H and O–H groups in total. The first kappa shape index (κ1) is 25.9. The molecule has 0 saturated carbocycles. The van der Waals surface area contributed by atoms with Crippen LogP contribution in [0.15, 0.2) is 70.2 Å². The van der Waals surface area contributed by atoms with Gasteiger partial charge in [-0.3, -0.25) is 9.59 Å². The molecule has 0 radical (unpaired) electrons. The van der Waals surface area contributed by atoms with Crippen LogP contribution >= 0.6 is 15.9 Å². The number of hydrazone groups is 1. The number of nitrogens with zero attached hydrogens (tertiary/aromatic N) is 1. The summed E-state index contributed by atoms with van der Waals surface area (Å²) in [4.78, 5) is 24.0. The summed E-state index contributed by atoms with van der Waals surface area (Å²) in [5.41, 5.74) is 5.57. The molecule has 2 amide bonds. The molecule has 0 aromatic heterocycles. The lowest BCUT2D eigenvalue weighted by Gasteiger charge is -2.15. The number of anilines is 1. The maximum atomic E-state index is 12.9. The molecule has 0 heterocycles. The Bertz CT molecular complexity index is 1200. The first-order valence-corrected chi connectivity index (χ1v) is 11.7. The van der Waals surface area contributed by atoms with Crippen LogP contribution in [0, 0.1) is 12.7 Å². The van der Waals surface area contributed by atoms with Crippen molar-refractivity contribution in [1.82, 2.24) is 5.43 Å². The Labute approximate surface area is 211 Å². The van der Waals surface area contributed by atoms with Crippen LogP contribution in [-0.4, -0.2) is 24.6 Å². The van der Waals surface area contributed by atoms with Crippen LogP contribution < -0.4 is 20.2 Å². The van der Waals surface area contributed by atoms with E-state index in [1.807, 2.05) is 38.1 Å². The molecule has 0 bridgehead atoms. The SMILES string of the molecule is CCOc1cc(C=NNC(=O)CC(=O)Nc2ccc(F)cc2)cc(Br)c1OCc1ccc(C)cc1. The molecule has 0 aliphatic rings. The van der Waals surface area contributed by atoms with Crippen molar-refractivity contribution in [2.24, 2.45) is 5.10 Å². The molecule has 0 aliphatic heterocycles. The van der Waals surface area contributed by atoms with E-state index in [1.54, 1.807) is 12.1 Å². The van der Waals surface area contributed by atoms with Gasteiger partial charge in [0.2, 0.25) is 11.8 Å². The zero-order valence-electron chi connectivity index (χ0n) is 19.3. The Kier molecular flexibility index (Phi) is 9.37. The first-order chi connectivity index (χ1) is 16.8. The summed E-state index contributed by atoms with van der Waals surface area (Å²) in [6, 6.07) is 16.8. The highest BCUT2D eigenvalue weighted by atomic mass is 79.9. The summed E-state index contributed by atoms with van der Waals surface area (Å²) in [6.45, 7) is 4.71. The van der Waals surface area contributed by atoms with E-state index in [4.69, 9.17) is 9.47 Å². The van der Waals surface area contributed by atoms with Gasteiger partial charge in [-0.05, 0) is 77.3 Å². The molecule has 0 atom stereocenters. The lowest BCUT2D eigenvalue weighted by Crippen LogP contribution is -2.24. The number of hydrogen-bond donors (Lipinski definition) is 2. The summed E-state index contributed by atoms with van der Waals surface area (Å²) < 4.78 is 25.3. The van der Waals surface area contributed by atoms with Crippen molar-refractivity contribution >= 4 is 39.6 Å². The van der Waals surface area contributed by atoms with Crippen molar-refractivity contribution in [1.29, 1.82) is 0 Å². The largest absolute Gasteiger partial charge is 0.490 e. The third kappa shape index (κ3) is 8.22. The van der Waals surface area contributed by atoms with E-state index in [2.05, 4.69) is 31.8 Å². The number of amides is 2. The standard InChI is InChI=1S/C26H25BrFN3O4/c1-3-34-23-13-19(12-22(27)26(23)35-16-18-6-4-17(2)5-7-18)15-29-31-25(33)14-24(32)30-21-10-8-20(28)9-11-21/h4-13,15H,3,14,16H2,1-2H3,(H,30,32)(H,31,33). The van der Waals surface area contributed by atoms with E-state index < -0.39 is 24.1 Å². The van der Waals surface area contributed by atoms with E-state index in [0.29, 0.717) is 40.4 Å². The van der Waals surface area contributed by atoms with Crippen LogP contribution in [0.2, 0.25) is 0 Å². The number of nitrogens with one attached hydrogen (secondary N) is 2. The number of carbonyl (C=O) groups excluding carboxylic acids is 2. The molecule has 0 spiro atoms. The summed E-state index contributed by atoms with van der Waals surface area (Å²) in [6.07, 6.45) is 1.00. The van der Waals surface area contributed by atoms with Gasteiger partial charge in [-0.25, -0.2) is 9.82 Å². The molecule has 3 aromatic carbocycles. The number of benzene rings is 3. The highest BCUT2D eigenvalue weighted by molar-refractivity contribution is 9.10. The lowest BCUT2D eigenvalue weighted by atomic mass is 10.2. The molecule has 0 saturated heterocycles. The van der Waals surface area contributed by atoms with Gasteiger partial charge in [0.05, 0.1) is 17.3 Å². The minimum absolute atomic E-state index is 0.377. The minimum Gasteiger partial charge on any atom is -0.490 e. The summed E-state index contributed by atoms with van der Waals surface area (Å²) in [5.74, 6) is -0.463. The lowest BCUT2D eigenvalue weighted by molar-refractivity contribution is -0.126. The van der Waals surface area contributed by atoms with E-state index >= 15 is 0 Å². The number of halogens is 2. The Morgan fingerprint density at radius 1 is 1.03 bits per heavy atom. The van der Waals surface area contributed by atoms with Crippen molar-refractivity contribution in [3.05, 3.63) is 87.6 Å². The fourth-order valence-corrected chi connectivity index (χ4v) is 3.58. The number of hydrogen-bond acceptors (Lipinski definition) is 5. The molecule has 35 heavy (non-hydrogen) atoms. The van der Waals surface area contributed by atoms with Gasteiger partial charge in [0.25, 0.3) is 0 Å². The van der Waals surface area contributed by atoms with E-state index in [9.17, 15) is 14.0 Å².